The summed E-state index contributed by atoms with van der Waals surface area (Å²) >= 11 is 0. The van der Waals surface area contributed by atoms with Gasteiger partial charge in [-0.2, -0.15) is 15.4 Å². The van der Waals surface area contributed by atoms with Crippen molar-refractivity contribution in [2.24, 2.45) is 0 Å². The number of aromatic amines is 1. The first-order valence-electron chi connectivity index (χ1n) is 10.7. The fourth-order valence-corrected chi connectivity index (χ4v) is 4.80. The van der Waals surface area contributed by atoms with Crippen molar-refractivity contribution >= 4 is 16.9 Å². The van der Waals surface area contributed by atoms with Gasteiger partial charge in [0.15, 0.2) is 0 Å². The minimum Gasteiger partial charge on any atom is -0.388 e. The number of nitrogens with one attached hydrogen (secondary N) is 1. The fourth-order valence-electron chi connectivity index (χ4n) is 4.80. The lowest BCUT2D eigenvalue weighted by Gasteiger charge is -2.36. The molecule has 2 aromatic carbocycles. The normalized spacial score (nSPS) is 22.6. The highest BCUT2D eigenvalue weighted by atomic mass is 16.3. The van der Waals surface area contributed by atoms with E-state index in [-0.39, 0.29) is 5.91 Å². The van der Waals surface area contributed by atoms with Crippen LogP contribution in [0.25, 0.3) is 11.0 Å². The first-order chi connectivity index (χ1) is 14.6. The molecule has 2 aliphatic rings. The quantitative estimate of drug-likeness (QED) is 0.699. The van der Waals surface area contributed by atoms with E-state index in [1.165, 1.54) is 11.1 Å². The number of benzene rings is 2. The smallest absolute Gasteiger partial charge is 0.253 e. The van der Waals surface area contributed by atoms with Crippen LogP contribution in [0.1, 0.15) is 40.7 Å². The zero-order valence-corrected chi connectivity index (χ0v) is 17.0. The number of aromatic nitrogens is 3. The van der Waals surface area contributed by atoms with Crippen LogP contribution >= 0.6 is 0 Å². The van der Waals surface area contributed by atoms with E-state index in [0.29, 0.717) is 37.1 Å². The highest BCUT2D eigenvalue weighted by molar-refractivity contribution is 5.97. The van der Waals surface area contributed by atoms with Gasteiger partial charge in [-0.25, -0.2) is 0 Å². The molecule has 0 aliphatic carbocycles. The number of fused-ring (bicyclic) bond motifs is 2. The van der Waals surface area contributed by atoms with Crippen molar-refractivity contribution in [2.75, 3.05) is 26.2 Å². The van der Waals surface area contributed by atoms with Gasteiger partial charge >= 0.3 is 0 Å². The number of likely N-dealkylation sites (tertiary alicyclic amines) is 1. The van der Waals surface area contributed by atoms with E-state index in [9.17, 15) is 9.90 Å². The Hall–Kier alpha value is -2.77. The van der Waals surface area contributed by atoms with Crippen molar-refractivity contribution in [3.05, 3.63) is 59.2 Å². The summed E-state index contributed by atoms with van der Waals surface area (Å²) in [5.74, 6) is -0.00366. The van der Waals surface area contributed by atoms with E-state index in [4.69, 9.17) is 0 Å². The number of carbonyl (C=O) groups excluding carboxylic acids is 1. The predicted molar refractivity (Wildman–Crippen MR) is 114 cm³/mol. The van der Waals surface area contributed by atoms with Crippen LogP contribution in [-0.4, -0.2) is 68.0 Å². The molecule has 7 nitrogen and oxygen atoms in total. The van der Waals surface area contributed by atoms with Crippen LogP contribution in [0.4, 0.5) is 0 Å². The Morgan fingerprint density at radius 1 is 1.03 bits per heavy atom. The molecular weight excluding hydrogens is 378 g/mol. The van der Waals surface area contributed by atoms with E-state index in [1.54, 1.807) is 12.1 Å². The average Bonchev–Trinajstić information content (AvgIpc) is 3.15. The largest absolute Gasteiger partial charge is 0.388 e. The second-order valence-corrected chi connectivity index (χ2v) is 8.63. The van der Waals surface area contributed by atoms with Crippen LogP contribution in [0.5, 0.6) is 0 Å². The first-order valence-corrected chi connectivity index (χ1v) is 10.7. The molecule has 1 aromatic heterocycles. The molecule has 1 amide bonds. The van der Waals surface area contributed by atoms with Crippen molar-refractivity contribution in [3.8, 4) is 0 Å². The maximum Gasteiger partial charge on any atom is 0.253 e. The zero-order valence-electron chi connectivity index (χ0n) is 17.0. The Morgan fingerprint density at radius 3 is 2.77 bits per heavy atom. The van der Waals surface area contributed by atoms with E-state index in [0.717, 1.165) is 37.9 Å². The van der Waals surface area contributed by atoms with Gasteiger partial charge in [-0.15, -0.1) is 0 Å². The maximum atomic E-state index is 13.0. The number of nitrogens with zero attached hydrogens (tertiary/aromatic N) is 4. The highest BCUT2D eigenvalue weighted by Crippen LogP contribution is 2.27. The molecule has 2 N–H and O–H groups in total. The average molecular weight is 406 g/mol. The number of aliphatic hydroxyl groups is 1. The SMILES string of the molecule is O=C(c1ccc2n[nH]nc2c1)N1CCCC(O)(CN2CCc3ccccc3C2)CC1. The predicted octanol–water partition coefficient (Wildman–Crippen LogP) is 2.37. The molecule has 5 rings (SSSR count). The number of β-amino-alcohol motifs (C(OH)–C–C–N with tert-alkyl or cyclic N) is 1. The van der Waals surface area contributed by atoms with Crippen molar-refractivity contribution in [3.63, 3.8) is 0 Å². The molecule has 3 aromatic rings. The summed E-state index contributed by atoms with van der Waals surface area (Å²) in [6, 6.07) is 14.0. The first kappa shape index (κ1) is 19.2. The molecule has 0 radical (unpaired) electrons. The van der Waals surface area contributed by atoms with Gasteiger partial charge in [0.25, 0.3) is 5.91 Å². The summed E-state index contributed by atoms with van der Waals surface area (Å²) in [4.78, 5) is 17.3. The lowest BCUT2D eigenvalue weighted by molar-refractivity contribution is -0.0118. The minimum atomic E-state index is -0.753. The van der Waals surface area contributed by atoms with Crippen LogP contribution in [-0.2, 0) is 13.0 Å². The van der Waals surface area contributed by atoms with Gasteiger partial charge in [0, 0.05) is 38.3 Å². The number of hydrogen-bond donors (Lipinski definition) is 2. The fraction of sp³-hybridized carbons (Fsp3) is 0.435. The van der Waals surface area contributed by atoms with Gasteiger partial charge in [-0.05, 0) is 55.0 Å². The third-order valence-corrected chi connectivity index (χ3v) is 6.50. The number of rotatable bonds is 3. The molecule has 3 heterocycles. The maximum absolute atomic E-state index is 13.0. The second-order valence-electron chi connectivity index (χ2n) is 8.63. The summed E-state index contributed by atoms with van der Waals surface area (Å²) in [6.07, 6.45) is 3.15. The number of amides is 1. The molecule has 2 aliphatic heterocycles. The van der Waals surface area contributed by atoms with Gasteiger partial charge in [0.05, 0.1) is 5.60 Å². The summed E-state index contributed by atoms with van der Waals surface area (Å²) in [7, 11) is 0. The molecule has 0 spiro atoms. The minimum absolute atomic E-state index is 0.00366. The number of carbonyl (C=O) groups is 1. The molecule has 0 saturated carbocycles. The molecular formula is C23H27N5O2. The molecule has 1 saturated heterocycles. The Kier molecular flexibility index (Phi) is 5.00. The Balaban J connectivity index is 1.24. The number of H-pyrrole nitrogens is 1. The van der Waals surface area contributed by atoms with Gasteiger partial charge < -0.3 is 10.0 Å². The molecule has 1 atom stereocenters. The third-order valence-electron chi connectivity index (χ3n) is 6.50. The van der Waals surface area contributed by atoms with Crippen molar-refractivity contribution in [1.29, 1.82) is 0 Å². The summed E-state index contributed by atoms with van der Waals surface area (Å²) in [5, 5.41) is 22.0. The molecule has 1 unspecified atom stereocenters. The van der Waals surface area contributed by atoms with E-state index in [1.807, 2.05) is 11.0 Å². The monoisotopic (exact) mass is 405 g/mol. The molecule has 1 fully saturated rings. The lowest BCUT2D eigenvalue weighted by Crippen LogP contribution is -2.45. The van der Waals surface area contributed by atoms with E-state index < -0.39 is 5.60 Å². The molecule has 156 valence electrons. The molecule has 0 bridgehead atoms. The van der Waals surface area contributed by atoms with Crippen molar-refractivity contribution in [1.82, 2.24) is 25.2 Å². The van der Waals surface area contributed by atoms with E-state index in [2.05, 4.69) is 44.6 Å². The molecule has 7 heteroatoms. The lowest BCUT2D eigenvalue weighted by atomic mass is 9.92. The van der Waals surface area contributed by atoms with Crippen molar-refractivity contribution in [2.45, 2.75) is 37.8 Å². The van der Waals surface area contributed by atoms with Crippen molar-refractivity contribution < 1.29 is 9.90 Å². The van der Waals surface area contributed by atoms with Gasteiger partial charge in [0.1, 0.15) is 11.0 Å². The van der Waals surface area contributed by atoms with Crippen LogP contribution in [0.15, 0.2) is 42.5 Å². The summed E-state index contributed by atoms with van der Waals surface area (Å²) in [6.45, 7) is 3.75. The highest BCUT2D eigenvalue weighted by Gasteiger charge is 2.34. The number of hydrogen-bond acceptors (Lipinski definition) is 5. The Labute approximate surface area is 175 Å². The van der Waals surface area contributed by atoms with E-state index >= 15 is 0 Å². The van der Waals surface area contributed by atoms with Gasteiger partial charge in [0.2, 0.25) is 0 Å². The van der Waals surface area contributed by atoms with Crippen LogP contribution in [0.2, 0.25) is 0 Å². The van der Waals surface area contributed by atoms with Crippen LogP contribution in [0.3, 0.4) is 0 Å². The Bertz CT molecular complexity index is 1060. The molecule has 30 heavy (non-hydrogen) atoms. The Morgan fingerprint density at radius 2 is 1.87 bits per heavy atom. The summed E-state index contributed by atoms with van der Waals surface area (Å²) < 4.78 is 0. The standard InChI is InChI=1S/C23H27N5O2/c29-22(18-6-7-20-21(14-18)25-26-24-20)28-11-3-9-23(30,10-13-28)16-27-12-8-17-4-1-2-5-19(17)15-27/h1-2,4-7,14,30H,3,8-13,15-16H2,(H,24,25,26). The third kappa shape index (κ3) is 3.82. The van der Waals surface area contributed by atoms with Gasteiger partial charge in [-0.3, -0.25) is 9.69 Å². The van der Waals surface area contributed by atoms with Crippen LogP contribution in [0, 0.1) is 0 Å². The second kappa shape index (κ2) is 7.81. The topological polar surface area (TPSA) is 85.3 Å². The van der Waals surface area contributed by atoms with Crippen LogP contribution < -0.4 is 0 Å². The zero-order chi connectivity index (χ0) is 20.6. The van der Waals surface area contributed by atoms with Gasteiger partial charge in [-0.1, -0.05) is 24.3 Å². The summed E-state index contributed by atoms with van der Waals surface area (Å²) in [5.41, 5.74) is 4.09.